The number of para-hydroxylation sites is 1. The van der Waals surface area contributed by atoms with E-state index in [9.17, 15) is 4.79 Å². The van der Waals surface area contributed by atoms with Gasteiger partial charge in [-0.15, -0.1) is 11.3 Å². The molecule has 0 atom stereocenters. The predicted molar refractivity (Wildman–Crippen MR) is 120 cm³/mol. The molecule has 29 heavy (non-hydrogen) atoms. The van der Waals surface area contributed by atoms with E-state index in [0.29, 0.717) is 16.2 Å². The van der Waals surface area contributed by atoms with Crippen molar-refractivity contribution >= 4 is 34.1 Å². The van der Waals surface area contributed by atoms with Gasteiger partial charge in [0.2, 0.25) is 0 Å². The number of hydrogen-bond donors (Lipinski definition) is 0. The molecule has 0 amide bonds. The van der Waals surface area contributed by atoms with Gasteiger partial charge < -0.3 is 4.42 Å². The summed E-state index contributed by atoms with van der Waals surface area (Å²) < 4.78 is 5.44. The van der Waals surface area contributed by atoms with E-state index in [1.165, 1.54) is 21.1 Å². The van der Waals surface area contributed by atoms with Crippen molar-refractivity contribution in [2.45, 2.75) is 9.79 Å². The largest absolute Gasteiger partial charge is 0.422 e. The zero-order valence-electron chi connectivity index (χ0n) is 15.2. The highest BCUT2D eigenvalue weighted by atomic mass is 32.2. The Labute approximate surface area is 175 Å². The Bertz CT molecular complexity index is 1340. The molecule has 0 unspecified atom stereocenters. The fraction of sp³-hybridized carbons (Fsp3) is 0. The zero-order valence-corrected chi connectivity index (χ0v) is 16.9. The molecule has 0 bridgehead atoms. The summed E-state index contributed by atoms with van der Waals surface area (Å²) in [5, 5.41) is 3.53. The van der Waals surface area contributed by atoms with Crippen molar-refractivity contribution in [1.82, 2.24) is 4.98 Å². The van der Waals surface area contributed by atoms with Gasteiger partial charge in [0.15, 0.2) is 0 Å². The lowest BCUT2D eigenvalue weighted by Gasteiger charge is -2.03. The Morgan fingerprint density at radius 3 is 2.38 bits per heavy atom. The predicted octanol–water partition coefficient (Wildman–Crippen LogP) is 6.73. The average molecular weight is 414 g/mol. The van der Waals surface area contributed by atoms with Crippen LogP contribution in [0.4, 0.5) is 0 Å². The van der Waals surface area contributed by atoms with Gasteiger partial charge in [0.25, 0.3) is 0 Å². The van der Waals surface area contributed by atoms with Gasteiger partial charge in [-0.05, 0) is 36.4 Å². The molecule has 0 saturated carbocycles. The standard InChI is InChI=1S/C24H15NO2S2/c26-24-20(14-17-6-4-5-9-22(17)27-24)23-25-21(15-28-23)16-10-12-19(13-11-16)29-18-7-2-1-3-8-18/h1-15H. The van der Waals surface area contributed by atoms with E-state index >= 15 is 0 Å². The third-order valence-corrected chi connectivity index (χ3v) is 6.40. The minimum atomic E-state index is -0.362. The van der Waals surface area contributed by atoms with Gasteiger partial charge in [-0.25, -0.2) is 9.78 Å². The minimum absolute atomic E-state index is 0.362. The van der Waals surface area contributed by atoms with Crippen LogP contribution in [0.25, 0.3) is 32.8 Å². The van der Waals surface area contributed by atoms with Crippen LogP contribution < -0.4 is 5.63 Å². The summed E-state index contributed by atoms with van der Waals surface area (Å²) in [7, 11) is 0. The summed E-state index contributed by atoms with van der Waals surface area (Å²) in [5.74, 6) is 0. The normalized spacial score (nSPS) is 11.0. The van der Waals surface area contributed by atoms with Gasteiger partial charge in [0, 0.05) is 26.1 Å². The van der Waals surface area contributed by atoms with Crippen LogP contribution in [0.2, 0.25) is 0 Å². The minimum Gasteiger partial charge on any atom is -0.422 e. The number of hydrogen-bond acceptors (Lipinski definition) is 5. The van der Waals surface area contributed by atoms with Crippen molar-refractivity contribution in [3.63, 3.8) is 0 Å². The molecule has 0 saturated heterocycles. The van der Waals surface area contributed by atoms with Crippen LogP contribution in [0, 0.1) is 0 Å². The molecule has 0 N–H and O–H groups in total. The number of thiazole rings is 1. The molecule has 140 valence electrons. The molecule has 5 heteroatoms. The van der Waals surface area contributed by atoms with E-state index in [1.807, 2.05) is 47.8 Å². The first kappa shape index (κ1) is 17.9. The highest BCUT2D eigenvalue weighted by Crippen LogP contribution is 2.32. The third-order valence-electron chi connectivity index (χ3n) is 4.50. The lowest BCUT2D eigenvalue weighted by Crippen LogP contribution is -2.02. The number of aromatic nitrogens is 1. The molecule has 0 aliphatic heterocycles. The van der Waals surface area contributed by atoms with E-state index in [-0.39, 0.29) is 5.63 Å². The summed E-state index contributed by atoms with van der Waals surface area (Å²) in [6, 6.07) is 28.0. The van der Waals surface area contributed by atoms with Gasteiger partial charge in [-0.2, -0.15) is 0 Å². The first-order valence-electron chi connectivity index (χ1n) is 9.08. The van der Waals surface area contributed by atoms with Crippen molar-refractivity contribution in [1.29, 1.82) is 0 Å². The van der Waals surface area contributed by atoms with Crippen molar-refractivity contribution < 1.29 is 4.42 Å². The second-order valence-corrected chi connectivity index (χ2v) is 8.47. The smallest absolute Gasteiger partial charge is 0.346 e. The molecule has 0 aliphatic rings. The maximum atomic E-state index is 12.4. The van der Waals surface area contributed by atoms with Crippen LogP contribution in [0.3, 0.4) is 0 Å². The highest BCUT2D eigenvalue weighted by molar-refractivity contribution is 7.99. The van der Waals surface area contributed by atoms with Crippen LogP contribution in [-0.4, -0.2) is 4.98 Å². The molecular formula is C24H15NO2S2. The molecule has 0 fully saturated rings. The lowest BCUT2D eigenvalue weighted by molar-refractivity contribution is 0.563. The molecule has 3 aromatic carbocycles. The highest BCUT2D eigenvalue weighted by Gasteiger charge is 2.13. The zero-order chi connectivity index (χ0) is 19.6. The SMILES string of the molecule is O=c1oc2ccccc2cc1-c1nc(-c2ccc(Sc3ccccc3)cc2)cs1. The van der Waals surface area contributed by atoms with Crippen molar-refractivity contribution in [2.75, 3.05) is 0 Å². The third kappa shape index (κ3) is 3.75. The molecule has 3 nitrogen and oxygen atoms in total. The van der Waals surface area contributed by atoms with Gasteiger partial charge in [0.05, 0.1) is 11.3 Å². The van der Waals surface area contributed by atoms with Crippen LogP contribution in [0.15, 0.2) is 109 Å². The van der Waals surface area contributed by atoms with Gasteiger partial charge in [-0.3, -0.25) is 0 Å². The first-order chi connectivity index (χ1) is 14.3. The molecule has 2 heterocycles. The second-order valence-electron chi connectivity index (χ2n) is 6.46. The summed E-state index contributed by atoms with van der Waals surface area (Å²) in [4.78, 5) is 19.5. The van der Waals surface area contributed by atoms with Gasteiger partial charge >= 0.3 is 5.63 Å². The Hall–Kier alpha value is -3.15. The molecule has 5 aromatic rings. The lowest BCUT2D eigenvalue weighted by atomic mass is 10.1. The van der Waals surface area contributed by atoms with Gasteiger partial charge in [0.1, 0.15) is 10.6 Å². The summed E-state index contributed by atoms with van der Waals surface area (Å²) in [6.45, 7) is 0. The fourth-order valence-corrected chi connectivity index (χ4v) is 4.73. The van der Waals surface area contributed by atoms with E-state index in [1.54, 1.807) is 17.8 Å². The quantitative estimate of drug-likeness (QED) is 0.306. The second kappa shape index (κ2) is 7.70. The molecule has 0 spiro atoms. The summed E-state index contributed by atoms with van der Waals surface area (Å²) in [6.07, 6.45) is 0. The van der Waals surface area contributed by atoms with Crippen LogP contribution in [0.5, 0.6) is 0 Å². The van der Waals surface area contributed by atoms with Crippen molar-refractivity contribution in [3.8, 4) is 21.8 Å². The van der Waals surface area contributed by atoms with E-state index in [4.69, 9.17) is 4.42 Å². The fourth-order valence-electron chi connectivity index (χ4n) is 3.06. The Morgan fingerprint density at radius 1 is 0.828 bits per heavy atom. The van der Waals surface area contributed by atoms with Crippen LogP contribution in [-0.2, 0) is 0 Å². The first-order valence-corrected chi connectivity index (χ1v) is 10.8. The molecule has 0 aliphatic carbocycles. The maximum absolute atomic E-state index is 12.4. The van der Waals surface area contributed by atoms with Crippen molar-refractivity contribution in [3.05, 3.63) is 101 Å². The topological polar surface area (TPSA) is 43.1 Å². The molecule has 0 radical (unpaired) electrons. The van der Waals surface area contributed by atoms with Crippen molar-refractivity contribution in [2.24, 2.45) is 0 Å². The number of rotatable bonds is 4. The average Bonchev–Trinajstić information content (AvgIpc) is 3.24. The molecule has 2 aromatic heterocycles. The van der Waals surface area contributed by atoms with E-state index in [2.05, 4.69) is 41.4 Å². The van der Waals surface area contributed by atoms with Crippen LogP contribution >= 0.6 is 23.1 Å². The van der Waals surface area contributed by atoms with E-state index < -0.39 is 0 Å². The number of benzene rings is 3. The maximum Gasteiger partial charge on any atom is 0.346 e. The van der Waals surface area contributed by atoms with Crippen LogP contribution in [0.1, 0.15) is 0 Å². The summed E-state index contributed by atoms with van der Waals surface area (Å²) >= 11 is 3.18. The number of fused-ring (bicyclic) bond motifs is 1. The monoisotopic (exact) mass is 413 g/mol. The summed E-state index contributed by atoms with van der Waals surface area (Å²) in [5.41, 5.74) is 2.60. The van der Waals surface area contributed by atoms with E-state index in [0.717, 1.165) is 16.6 Å². The Morgan fingerprint density at radius 2 is 1.55 bits per heavy atom. The Balaban J connectivity index is 1.43. The number of nitrogens with zero attached hydrogens (tertiary/aromatic N) is 1. The van der Waals surface area contributed by atoms with Gasteiger partial charge in [-0.1, -0.05) is 60.3 Å². The molecule has 5 rings (SSSR count). The molecular weight excluding hydrogens is 398 g/mol. The Kier molecular flexibility index (Phi) is 4.76.